The maximum atomic E-state index is 12.3. The van der Waals surface area contributed by atoms with E-state index in [1.807, 2.05) is 20.0 Å². The predicted octanol–water partition coefficient (Wildman–Crippen LogP) is 2.09. The van der Waals surface area contributed by atoms with E-state index in [-0.39, 0.29) is 0 Å². The lowest BCUT2D eigenvalue weighted by molar-refractivity contribution is 0.319. The predicted molar refractivity (Wildman–Crippen MR) is 75.4 cm³/mol. The van der Waals surface area contributed by atoms with Crippen molar-refractivity contribution in [2.45, 2.75) is 24.9 Å². The Hall–Kier alpha value is -0.693. The third kappa shape index (κ3) is 3.91. The molecule has 1 aromatic carbocycles. The summed E-state index contributed by atoms with van der Waals surface area (Å²) in [6, 6.07) is 8.48. The zero-order valence-electron chi connectivity index (χ0n) is 11.4. The van der Waals surface area contributed by atoms with Gasteiger partial charge in [0.25, 0.3) is 0 Å². The molecule has 0 bridgehead atoms. The quantitative estimate of drug-likeness (QED) is 0.753. The Morgan fingerprint density at radius 1 is 1.22 bits per heavy atom. The van der Waals surface area contributed by atoms with E-state index in [4.69, 9.17) is 4.43 Å². The molecule has 0 unspecified atom stereocenters. The molecule has 1 aromatic rings. The van der Waals surface area contributed by atoms with Crippen molar-refractivity contribution >= 4 is 18.3 Å². The molecule has 0 heterocycles. The van der Waals surface area contributed by atoms with E-state index in [0.29, 0.717) is 17.7 Å². The topological polar surface area (TPSA) is 46.6 Å². The second kappa shape index (κ2) is 5.97. The van der Waals surface area contributed by atoms with Gasteiger partial charge in [-0.3, -0.25) is 0 Å². The fourth-order valence-corrected chi connectivity index (χ4v) is 6.25. The van der Waals surface area contributed by atoms with Crippen LogP contribution in [0.3, 0.4) is 0 Å². The minimum Gasteiger partial charge on any atom is -0.416 e. The molecule has 1 rings (SSSR count). The first-order valence-electron chi connectivity index (χ1n) is 5.95. The average molecular weight is 287 g/mol. The van der Waals surface area contributed by atoms with Crippen molar-refractivity contribution in [3.05, 3.63) is 30.3 Å². The van der Waals surface area contributed by atoms with Gasteiger partial charge in [0, 0.05) is 19.8 Å². The number of nitrogens with zero attached hydrogens (tertiary/aromatic N) is 1. The van der Waals surface area contributed by atoms with Gasteiger partial charge in [-0.1, -0.05) is 18.2 Å². The number of hydrogen-bond donors (Lipinski definition) is 0. The van der Waals surface area contributed by atoms with Crippen molar-refractivity contribution in [3.63, 3.8) is 0 Å². The van der Waals surface area contributed by atoms with Crippen LogP contribution in [0.15, 0.2) is 35.2 Å². The van der Waals surface area contributed by atoms with E-state index in [9.17, 15) is 8.42 Å². The van der Waals surface area contributed by atoms with Gasteiger partial charge >= 0.3 is 0 Å². The molecule has 102 valence electrons. The molecule has 0 radical (unpaired) electrons. The molecule has 0 amide bonds. The molecular weight excluding hydrogens is 266 g/mol. The minimum absolute atomic E-state index is 0.328. The molecular formula is C12H21NO3SSi. The fourth-order valence-electron chi connectivity index (χ4n) is 1.83. The Morgan fingerprint density at radius 2 is 1.78 bits per heavy atom. The first-order valence-corrected chi connectivity index (χ1v) is 10.5. The van der Waals surface area contributed by atoms with E-state index in [0.717, 1.165) is 0 Å². The van der Waals surface area contributed by atoms with Crippen LogP contribution in [-0.2, 0) is 14.4 Å². The van der Waals surface area contributed by atoms with Crippen molar-refractivity contribution < 1.29 is 12.8 Å². The van der Waals surface area contributed by atoms with Gasteiger partial charge in [0.2, 0.25) is 18.3 Å². The molecule has 0 aliphatic heterocycles. The van der Waals surface area contributed by atoms with E-state index >= 15 is 0 Å². The van der Waals surface area contributed by atoms with Gasteiger partial charge in [0.05, 0.1) is 4.90 Å². The van der Waals surface area contributed by atoms with Crippen LogP contribution in [0.1, 0.15) is 6.92 Å². The molecule has 0 fully saturated rings. The van der Waals surface area contributed by atoms with Gasteiger partial charge in [-0.05, 0) is 32.2 Å². The zero-order chi connectivity index (χ0) is 13.8. The van der Waals surface area contributed by atoms with Crippen LogP contribution < -0.4 is 0 Å². The molecule has 4 nitrogen and oxygen atoms in total. The summed E-state index contributed by atoms with van der Waals surface area (Å²) in [5.74, 6) is 0. The van der Waals surface area contributed by atoms with Crippen LogP contribution in [0, 0.1) is 0 Å². The van der Waals surface area contributed by atoms with Crippen LogP contribution in [0.4, 0.5) is 0 Å². The van der Waals surface area contributed by atoms with Gasteiger partial charge < -0.3 is 4.43 Å². The van der Waals surface area contributed by atoms with Crippen LogP contribution >= 0.6 is 0 Å². The lowest BCUT2D eigenvalue weighted by Gasteiger charge is -2.27. The normalized spacial score (nSPS) is 12.9. The molecule has 6 heteroatoms. The first-order chi connectivity index (χ1) is 8.29. The van der Waals surface area contributed by atoms with Crippen molar-refractivity contribution in [2.24, 2.45) is 0 Å². The Labute approximate surface area is 111 Å². The standard InChI is InChI=1S/C12H21NO3SSi/c1-5-16-18(3,4)11-13(2)17(14,15)12-9-7-6-8-10-12/h6-10H,5,11H2,1-4H3. The number of sulfonamides is 1. The summed E-state index contributed by atoms with van der Waals surface area (Å²) in [4.78, 5) is 0.328. The molecule has 0 aliphatic carbocycles. The molecule has 0 N–H and O–H groups in total. The Morgan fingerprint density at radius 3 is 2.28 bits per heavy atom. The molecule has 0 aromatic heterocycles. The summed E-state index contributed by atoms with van der Waals surface area (Å²) in [6.07, 6.45) is 0.456. The summed E-state index contributed by atoms with van der Waals surface area (Å²) in [7, 11) is -3.76. The van der Waals surface area contributed by atoms with Gasteiger partial charge in [0.15, 0.2) is 0 Å². The van der Waals surface area contributed by atoms with Crippen LogP contribution in [0.25, 0.3) is 0 Å². The molecule has 0 atom stereocenters. The number of hydrogen-bond acceptors (Lipinski definition) is 3. The van der Waals surface area contributed by atoms with Crippen molar-refractivity contribution in [3.8, 4) is 0 Å². The summed E-state index contributed by atoms with van der Waals surface area (Å²) in [5.41, 5.74) is 0. The summed E-state index contributed by atoms with van der Waals surface area (Å²) in [5, 5.41) is 0. The molecule has 0 saturated carbocycles. The highest BCUT2D eigenvalue weighted by Gasteiger charge is 2.30. The van der Waals surface area contributed by atoms with Crippen LogP contribution in [0.2, 0.25) is 13.1 Å². The SMILES string of the molecule is CCO[Si](C)(C)CN(C)S(=O)(=O)c1ccccc1. The van der Waals surface area contributed by atoms with Crippen LogP contribution in [0.5, 0.6) is 0 Å². The Balaban J connectivity index is 2.87. The molecule has 18 heavy (non-hydrogen) atoms. The second-order valence-corrected chi connectivity index (χ2v) is 10.9. The lowest BCUT2D eigenvalue weighted by atomic mass is 10.4. The van der Waals surface area contributed by atoms with Crippen molar-refractivity contribution in [1.29, 1.82) is 0 Å². The average Bonchev–Trinajstić information content (AvgIpc) is 2.29. The van der Waals surface area contributed by atoms with Crippen LogP contribution in [-0.4, -0.2) is 40.9 Å². The summed E-state index contributed by atoms with van der Waals surface area (Å²) in [6.45, 7) is 6.60. The third-order valence-corrected chi connectivity index (χ3v) is 6.94. The molecule has 0 aliphatic rings. The number of rotatable bonds is 6. The van der Waals surface area contributed by atoms with E-state index in [2.05, 4.69) is 0 Å². The summed E-state index contributed by atoms with van der Waals surface area (Å²) >= 11 is 0. The Kier molecular flexibility index (Phi) is 5.09. The zero-order valence-corrected chi connectivity index (χ0v) is 13.2. The van der Waals surface area contributed by atoms with E-state index in [1.54, 1.807) is 37.4 Å². The minimum atomic E-state index is -3.40. The van der Waals surface area contributed by atoms with Gasteiger partial charge in [-0.15, -0.1) is 0 Å². The highest BCUT2D eigenvalue weighted by atomic mass is 32.2. The summed E-state index contributed by atoms with van der Waals surface area (Å²) < 4.78 is 31.7. The van der Waals surface area contributed by atoms with Gasteiger partial charge in [-0.25, -0.2) is 12.7 Å². The van der Waals surface area contributed by atoms with E-state index < -0.39 is 18.3 Å². The monoisotopic (exact) mass is 287 g/mol. The van der Waals surface area contributed by atoms with Crippen molar-refractivity contribution in [1.82, 2.24) is 4.31 Å². The first kappa shape index (κ1) is 15.4. The highest BCUT2D eigenvalue weighted by Crippen LogP contribution is 2.16. The number of benzene rings is 1. The highest BCUT2D eigenvalue weighted by molar-refractivity contribution is 7.89. The largest absolute Gasteiger partial charge is 0.416 e. The lowest BCUT2D eigenvalue weighted by Crippen LogP contribution is -2.45. The van der Waals surface area contributed by atoms with Gasteiger partial charge in [-0.2, -0.15) is 0 Å². The second-order valence-electron chi connectivity index (χ2n) is 4.77. The fraction of sp³-hybridized carbons (Fsp3) is 0.500. The third-order valence-electron chi connectivity index (χ3n) is 2.59. The smallest absolute Gasteiger partial charge is 0.242 e. The molecule has 0 saturated heterocycles. The Bertz CT molecular complexity index is 473. The maximum absolute atomic E-state index is 12.3. The van der Waals surface area contributed by atoms with Crippen molar-refractivity contribution in [2.75, 3.05) is 19.8 Å². The van der Waals surface area contributed by atoms with E-state index in [1.165, 1.54) is 4.31 Å². The maximum Gasteiger partial charge on any atom is 0.242 e. The molecule has 0 spiro atoms. The van der Waals surface area contributed by atoms with Gasteiger partial charge in [0.1, 0.15) is 0 Å².